The molecule has 1 aliphatic heterocycles. The average molecular weight is 270 g/mol. The summed E-state index contributed by atoms with van der Waals surface area (Å²) in [5, 5.41) is 0.602. The molecule has 1 heterocycles. The Morgan fingerprint density at radius 1 is 1.39 bits per heavy atom. The molecule has 18 heavy (non-hydrogen) atoms. The molecule has 3 rings (SSSR count). The van der Waals surface area contributed by atoms with Crippen molar-refractivity contribution in [2.24, 2.45) is 5.73 Å². The first-order valence-electron chi connectivity index (χ1n) is 6.08. The third-order valence-corrected chi connectivity index (χ3v) is 4.11. The van der Waals surface area contributed by atoms with E-state index >= 15 is 0 Å². The van der Waals surface area contributed by atoms with Gasteiger partial charge >= 0.3 is 0 Å². The summed E-state index contributed by atoms with van der Waals surface area (Å²) in [7, 11) is 1.60. The lowest BCUT2D eigenvalue weighted by atomic mass is 9.94. The number of nitrogens with two attached hydrogens (primary N) is 1. The molecule has 1 aliphatic carbocycles. The lowest BCUT2D eigenvalue weighted by Crippen LogP contribution is -2.24. The zero-order valence-corrected chi connectivity index (χ0v) is 11.0. The number of methoxy groups -OCH3 is 1. The van der Waals surface area contributed by atoms with E-state index in [1.807, 2.05) is 0 Å². The van der Waals surface area contributed by atoms with E-state index in [1.54, 1.807) is 13.2 Å². The molecule has 4 nitrogen and oxygen atoms in total. The number of hydrogen-bond acceptors (Lipinski definition) is 4. The van der Waals surface area contributed by atoms with E-state index in [0.29, 0.717) is 36.3 Å². The van der Waals surface area contributed by atoms with Gasteiger partial charge in [0, 0.05) is 23.6 Å². The van der Waals surface area contributed by atoms with Crippen LogP contribution in [-0.4, -0.2) is 26.9 Å². The number of benzene rings is 1. The van der Waals surface area contributed by atoms with Crippen LogP contribution in [0.1, 0.15) is 18.4 Å². The van der Waals surface area contributed by atoms with Crippen molar-refractivity contribution in [2.45, 2.75) is 18.3 Å². The van der Waals surface area contributed by atoms with Crippen LogP contribution in [0.25, 0.3) is 0 Å². The minimum absolute atomic E-state index is 0.0591. The minimum Gasteiger partial charge on any atom is -0.495 e. The molecule has 0 atom stereocenters. The van der Waals surface area contributed by atoms with Crippen molar-refractivity contribution in [3.63, 3.8) is 0 Å². The first kappa shape index (κ1) is 11.9. The van der Waals surface area contributed by atoms with Gasteiger partial charge in [0.1, 0.15) is 19.0 Å². The summed E-state index contributed by atoms with van der Waals surface area (Å²) in [6.45, 7) is 1.66. The van der Waals surface area contributed by atoms with Gasteiger partial charge < -0.3 is 19.9 Å². The van der Waals surface area contributed by atoms with Gasteiger partial charge in [0.05, 0.1) is 12.1 Å². The Balaban J connectivity index is 2.20. The largest absolute Gasteiger partial charge is 0.495 e. The SMILES string of the molecule is COc1cc2c(c(C3(CN)CC3)c1Cl)OCCO2. The highest BCUT2D eigenvalue weighted by Gasteiger charge is 2.48. The van der Waals surface area contributed by atoms with Gasteiger partial charge in [-0.15, -0.1) is 0 Å². The molecule has 0 saturated heterocycles. The summed E-state index contributed by atoms with van der Waals surface area (Å²) < 4.78 is 16.7. The summed E-state index contributed by atoms with van der Waals surface area (Å²) in [6, 6.07) is 1.78. The molecule has 5 heteroatoms. The second-order valence-electron chi connectivity index (χ2n) is 4.78. The molecule has 1 aromatic rings. The van der Waals surface area contributed by atoms with Crippen LogP contribution in [0.2, 0.25) is 5.02 Å². The first-order valence-corrected chi connectivity index (χ1v) is 6.46. The van der Waals surface area contributed by atoms with Gasteiger partial charge in [-0.25, -0.2) is 0 Å². The van der Waals surface area contributed by atoms with Gasteiger partial charge in [0.15, 0.2) is 11.5 Å². The van der Waals surface area contributed by atoms with E-state index in [2.05, 4.69) is 0 Å². The molecule has 0 unspecified atom stereocenters. The average Bonchev–Trinajstić information content (AvgIpc) is 3.19. The molecule has 0 spiro atoms. The zero-order valence-electron chi connectivity index (χ0n) is 10.3. The van der Waals surface area contributed by atoms with E-state index in [0.717, 1.165) is 24.2 Å². The summed E-state index contributed by atoms with van der Waals surface area (Å²) in [5.74, 6) is 2.07. The van der Waals surface area contributed by atoms with E-state index in [-0.39, 0.29) is 5.41 Å². The smallest absolute Gasteiger partial charge is 0.166 e. The zero-order chi connectivity index (χ0) is 12.8. The van der Waals surface area contributed by atoms with Crippen LogP contribution in [0, 0.1) is 0 Å². The van der Waals surface area contributed by atoms with Crippen LogP contribution in [0.4, 0.5) is 0 Å². The topological polar surface area (TPSA) is 53.7 Å². The fourth-order valence-corrected chi connectivity index (χ4v) is 2.89. The van der Waals surface area contributed by atoms with Gasteiger partial charge in [-0.3, -0.25) is 0 Å². The molecule has 1 fully saturated rings. The maximum absolute atomic E-state index is 6.43. The molecule has 0 amide bonds. The highest BCUT2D eigenvalue weighted by molar-refractivity contribution is 6.33. The highest BCUT2D eigenvalue weighted by atomic mass is 35.5. The van der Waals surface area contributed by atoms with Crippen molar-refractivity contribution in [3.8, 4) is 17.2 Å². The van der Waals surface area contributed by atoms with Crippen LogP contribution >= 0.6 is 11.6 Å². The third-order valence-electron chi connectivity index (χ3n) is 3.73. The van der Waals surface area contributed by atoms with Gasteiger partial charge in [-0.1, -0.05) is 11.6 Å². The van der Waals surface area contributed by atoms with Crippen molar-refractivity contribution in [3.05, 3.63) is 16.7 Å². The lowest BCUT2D eigenvalue weighted by molar-refractivity contribution is 0.168. The third kappa shape index (κ3) is 1.63. The Kier molecular flexibility index (Phi) is 2.79. The summed E-state index contributed by atoms with van der Waals surface area (Å²) >= 11 is 6.43. The maximum Gasteiger partial charge on any atom is 0.166 e. The normalized spacial score (nSPS) is 19.5. The Morgan fingerprint density at radius 2 is 2.11 bits per heavy atom. The van der Waals surface area contributed by atoms with Crippen LogP contribution in [0.5, 0.6) is 17.2 Å². The molecular formula is C13H16ClNO3. The van der Waals surface area contributed by atoms with Crippen LogP contribution in [0.3, 0.4) is 0 Å². The number of halogens is 1. The number of rotatable bonds is 3. The summed E-state index contributed by atoms with van der Waals surface area (Å²) in [6.07, 6.45) is 2.07. The quantitative estimate of drug-likeness (QED) is 0.913. The fraction of sp³-hybridized carbons (Fsp3) is 0.538. The second-order valence-corrected chi connectivity index (χ2v) is 5.15. The predicted molar refractivity (Wildman–Crippen MR) is 69.0 cm³/mol. The molecular weight excluding hydrogens is 254 g/mol. The molecule has 2 aliphatic rings. The van der Waals surface area contributed by atoms with Gasteiger partial charge in [0.25, 0.3) is 0 Å². The Labute approximate surface area is 111 Å². The monoisotopic (exact) mass is 269 g/mol. The predicted octanol–water partition coefficient (Wildman–Crippen LogP) is 2.11. The van der Waals surface area contributed by atoms with Crippen molar-refractivity contribution >= 4 is 11.6 Å². The molecule has 98 valence electrons. The van der Waals surface area contributed by atoms with Crippen molar-refractivity contribution < 1.29 is 14.2 Å². The fourth-order valence-electron chi connectivity index (χ4n) is 2.47. The van der Waals surface area contributed by atoms with Gasteiger partial charge in [-0.05, 0) is 12.8 Å². The number of ether oxygens (including phenoxy) is 3. The molecule has 1 aromatic carbocycles. The van der Waals surface area contributed by atoms with Crippen molar-refractivity contribution in [1.82, 2.24) is 0 Å². The lowest BCUT2D eigenvalue weighted by Gasteiger charge is -2.26. The summed E-state index contributed by atoms with van der Waals surface area (Å²) in [4.78, 5) is 0. The van der Waals surface area contributed by atoms with Crippen molar-refractivity contribution in [2.75, 3.05) is 26.9 Å². The van der Waals surface area contributed by atoms with Gasteiger partial charge in [-0.2, -0.15) is 0 Å². The maximum atomic E-state index is 6.43. The van der Waals surface area contributed by atoms with E-state index in [4.69, 9.17) is 31.5 Å². The highest BCUT2D eigenvalue weighted by Crippen LogP contribution is 2.57. The Morgan fingerprint density at radius 3 is 2.72 bits per heavy atom. The standard InChI is InChI=1S/C13H16ClNO3/c1-16-8-6-9-12(18-5-4-17-9)10(11(8)14)13(7-15)2-3-13/h6H,2-5,7,15H2,1H3. The Hall–Kier alpha value is -1.13. The second kappa shape index (κ2) is 4.21. The molecule has 1 saturated carbocycles. The summed E-state index contributed by atoms with van der Waals surface area (Å²) in [5.41, 5.74) is 6.80. The van der Waals surface area contributed by atoms with E-state index < -0.39 is 0 Å². The number of fused-ring (bicyclic) bond motifs is 1. The molecule has 0 aromatic heterocycles. The molecule has 0 radical (unpaired) electrons. The number of hydrogen-bond donors (Lipinski definition) is 1. The minimum atomic E-state index is -0.0591. The van der Waals surface area contributed by atoms with Crippen LogP contribution < -0.4 is 19.9 Å². The van der Waals surface area contributed by atoms with Gasteiger partial charge in [0.2, 0.25) is 0 Å². The van der Waals surface area contributed by atoms with Crippen molar-refractivity contribution in [1.29, 1.82) is 0 Å². The molecule has 0 bridgehead atoms. The van der Waals surface area contributed by atoms with Crippen LogP contribution in [-0.2, 0) is 5.41 Å². The Bertz CT molecular complexity index is 486. The van der Waals surface area contributed by atoms with E-state index in [9.17, 15) is 0 Å². The van der Waals surface area contributed by atoms with Crippen LogP contribution in [0.15, 0.2) is 6.07 Å². The molecule has 2 N–H and O–H groups in total. The first-order chi connectivity index (χ1) is 8.72. The van der Waals surface area contributed by atoms with E-state index in [1.165, 1.54) is 0 Å².